The second kappa shape index (κ2) is 7.44. The maximum absolute atomic E-state index is 12.3. The predicted octanol–water partition coefficient (Wildman–Crippen LogP) is 2.95. The third-order valence-corrected chi connectivity index (χ3v) is 5.24. The molecule has 1 amide bonds. The Labute approximate surface area is 124 Å². The minimum atomic E-state index is 0.281. The molecule has 2 rings (SSSR count). The van der Waals surface area contributed by atoms with E-state index in [9.17, 15) is 4.79 Å². The van der Waals surface area contributed by atoms with E-state index in [0.717, 1.165) is 25.4 Å². The van der Waals surface area contributed by atoms with Crippen LogP contribution in [0.5, 0.6) is 0 Å². The van der Waals surface area contributed by atoms with Crippen molar-refractivity contribution >= 4 is 5.91 Å². The standard InChI is InChI=1S/C17H32N2O/c1-12(2)15-7-6-13(3)9-16(15)19-17(20)10-14-5-4-8-18-11-14/h12-16,18H,4-11H2,1-3H3,(H,19,20). The molecule has 2 aliphatic rings. The Morgan fingerprint density at radius 1 is 1.30 bits per heavy atom. The van der Waals surface area contributed by atoms with Crippen LogP contribution >= 0.6 is 0 Å². The number of hydrogen-bond acceptors (Lipinski definition) is 2. The number of carbonyl (C=O) groups excluding carboxylic acids is 1. The molecule has 0 aromatic carbocycles. The summed E-state index contributed by atoms with van der Waals surface area (Å²) in [5.41, 5.74) is 0. The Morgan fingerprint density at radius 2 is 2.10 bits per heavy atom. The molecule has 0 aromatic rings. The van der Waals surface area contributed by atoms with Gasteiger partial charge in [0.05, 0.1) is 0 Å². The molecule has 4 unspecified atom stereocenters. The molecule has 1 saturated heterocycles. The van der Waals surface area contributed by atoms with Crippen LogP contribution in [0.1, 0.15) is 59.3 Å². The fraction of sp³-hybridized carbons (Fsp3) is 0.941. The number of piperidine rings is 1. The van der Waals surface area contributed by atoms with Crippen molar-refractivity contribution in [2.24, 2.45) is 23.7 Å². The fourth-order valence-corrected chi connectivity index (χ4v) is 3.99. The SMILES string of the molecule is CC1CCC(C(C)C)C(NC(=O)CC2CCCNC2)C1. The van der Waals surface area contributed by atoms with Crippen LogP contribution < -0.4 is 10.6 Å². The monoisotopic (exact) mass is 280 g/mol. The summed E-state index contributed by atoms with van der Waals surface area (Å²) in [5.74, 6) is 2.92. The highest BCUT2D eigenvalue weighted by atomic mass is 16.1. The molecule has 2 fully saturated rings. The van der Waals surface area contributed by atoms with Crippen LogP contribution in [0.2, 0.25) is 0 Å². The van der Waals surface area contributed by atoms with Gasteiger partial charge in [0.1, 0.15) is 0 Å². The molecule has 2 N–H and O–H groups in total. The molecule has 116 valence electrons. The van der Waals surface area contributed by atoms with Gasteiger partial charge in [0.2, 0.25) is 5.91 Å². The third kappa shape index (κ3) is 4.47. The van der Waals surface area contributed by atoms with Gasteiger partial charge in [0, 0.05) is 12.5 Å². The zero-order chi connectivity index (χ0) is 14.5. The van der Waals surface area contributed by atoms with Gasteiger partial charge in [-0.05, 0) is 62.4 Å². The summed E-state index contributed by atoms with van der Waals surface area (Å²) in [4.78, 5) is 12.3. The molecule has 0 bridgehead atoms. The van der Waals surface area contributed by atoms with E-state index >= 15 is 0 Å². The largest absolute Gasteiger partial charge is 0.353 e. The van der Waals surface area contributed by atoms with Gasteiger partial charge in [-0.25, -0.2) is 0 Å². The molecule has 1 aliphatic heterocycles. The molecule has 4 atom stereocenters. The Morgan fingerprint density at radius 3 is 2.75 bits per heavy atom. The average Bonchev–Trinajstić information content (AvgIpc) is 2.39. The highest BCUT2D eigenvalue weighted by Crippen LogP contribution is 2.33. The van der Waals surface area contributed by atoms with Crippen molar-refractivity contribution in [3.63, 3.8) is 0 Å². The van der Waals surface area contributed by atoms with Gasteiger partial charge in [0.15, 0.2) is 0 Å². The minimum Gasteiger partial charge on any atom is -0.353 e. The van der Waals surface area contributed by atoms with Gasteiger partial charge in [-0.15, -0.1) is 0 Å². The average molecular weight is 280 g/mol. The van der Waals surface area contributed by atoms with Crippen molar-refractivity contribution in [1.82, 2.24) is 10.6 Å². The summed E-state index contributed by atoms with van der Waals surface area (Å²) in [6.07, 6.45) is 6.89. The zero-order valence-corrected chi connectivity index (χ0v) is 13.5. The topological polar surface area (TPSA) is 41.1 Å². The van der Waals surface area contributed by atoms with E-state index in [0.29, 0.717) is 30.2 Å². The van der Waals surface area contributed by atoms with Crippen LogP contribution in [0.25, 0.3) is 0 Å². The van der Waals surface area contributed by atoms with E-state index in [-0.39, 0.29) is 5.91 Å². The van der Waals surface area contributed by atoms with Gasteiger partial charge in [-0.2, -0.15) is 0 Å². The van der Waals surface area contributed by atoms with Crippen LogP contribution in [-0.4, -0.2) is 25.0 Å². The Bertz CT molecular complexity index is 310. The van der Waals surface area contributed by atoms with Crippen molar-refractivity contribution in [3.8, 4) is 0 Å². The molecule has 20 heavy (non-hydrogen) atoms. The quantitative estimate of drug-likeness (QED) is 0.831. The minimum absolute atomic E-state index is 0.281. The van der Waals surface area contributed by atoms with Crippen LogP contribution in [0.4, 0.5) is 0 Å². The van der Waals surface area contributed by atoms with Crippen LogP contribution in [0, 0.1) is 23.7 Å². The molecule has 0 aromatic heterocycles. The van der Waals surface area contributed by atoms with Crippen molar-refractivity contribution in [2.75, 3.05) is 13.1 Å². The maximum atomic E-state index is 12.3. The summed E-state index contributed by atoms with van der Waals surface area (Å²) in [6.45, 7) is 9.05. The molecule has 0 spiro atoms. The lowest BCUT2D eigenvalue weighted by molar-refractivity contribution is -0.123. The summed E-state index contributed by atoms with van der Waals surface area (Å²) >= 11 is 0. The summed E-state index contributed by atoms with van der Waals surface area (Å²) in [6, 6.07) is 0.405. The van der Waals surface area contributed by atoms with E-state index in [1.54, 1.807) is 0 Å². The molecule has 0 radical (unpaired) electrons. The maximum Gasteiger partial charge on any atom is 0.220 e. The van der Waals surface area contributed by atoms with Crippen molar-refractivity contribution in [3.05, 3.63) is 0 Å². The predicted molar refractivity (Wildman–Crippen MR) is 83.5 cm³/mol. The Kier molecular flexibility index (Phi) is 5.88. The van der Waals surface area contributed by atoms with Gasteiger partial charge >= 0.3 is 0 Å². The Hall–Kier alpha value is -0.570. The van der Waals surface area contributed by atoms with E-state index in [2.05, 4.69) is 31.4 Å². The lowest BCUT2D eigenvalue weighted by atomic mass is 9.74. The Balaban J connectivity index is 1.83. The van der Waals surface area contributed by atoms with E-state index in [1.807, 2.05) is 0 Å². The first-order valence-corrected chi connectivity index (χ1v) is 8.56. The summed E-state index contributed by atoms with van der Waals surface area (Å²) in [5, 5.41) is 6.76. The van der Waals surface area contributed by atoms with Gasteiger partial charge in [-0.3, -0.25) is 4.79 Å². The van der Waals surface area contributed by atoms with Gasteiger partial charge in [-0.1, -0.05) is 27.2 Å². The molecule has 1 saturated carbocycles. The van der Waals surface area contributed by atoms with Gasteiger partial charge < -0.3 is 10.6 Å². The van der Waals surface area contributed by atoms with Crippen molar-refractivity contribution in [1.29, 1.82) is 0 Å². The molecular formula is C17H32N2O. The smallest absolute Gasteiger partial charge is 0.220 e. The van der Waals surface area contributed by atoms with E-state index < -0.39 is 0 Å². The lowest BCUT2D eigenvalue weighted by Crippen LogP contribution is -2.46. The normalized spacial score (nSPS) is 35.0. The van der Waals surface area contributed by atoms with Gasteiger partial charge in [0.25, 0.3) is 0 Å². The number of nitrogens with one attached hydrogen (secondary N) is 2. The number of carbonyl (C=O) groups is 1. The molecule has 1 heterocycles. The first kappa shape index (κ1) is 15.8. The molecular weight excluding hydrogens is 248 g/mol. The number of amides is 1. The molecule has 3 heteroatoms. The van der Waals surface area contributed by atoms with E-state index in [4.69, 9.17) is 0 Å². The first-order chi connectivity index (χ1) is 9.56. The summed E-state index contributed by atoms with van der Waals surface area (Å²) in [7, 11) is 0. The van der Waals surface area contributed by atoms with Crippen LogP contribution in [-0.2, 0) is 4.79 Å². The lowest BCUT2D eigenvalue weighted by Gasteiger charge is -2.38. The number of hydrogen-bond donors (Lipinski definition) is 2. The zero-order valence-electron chi connectivity index (χ0n) is 13.5. The second-order valence-corrected chi connectivity index (χ2v) is 7.42. The summed E-state index contributed by atoms with van der Waals surface area (Å²) < 4.78 is 0. The first-order valence-electron chi connectivity index (χ1n) is 8.56. The highest BCUT2D eigenvalue weighted by molar-refractivity contribution is 5.76. The third-order valence-electron chi connectivity index (χ3n) is 5.24. The highest BCUT2D eigenvalue weighted by Gasteiger charge is 2.32. The van der Waals surface area contributed by atoms with Crippen LogP contribution in [0.3, 0.4) is 0 Å². The second-order valence-electron chi connectivity index (χ2n) is 7.42. The molecule has 1 aliphatic carbocycles. The molecule has 3 nitrogen and oxygen atoms in total. The van der Waals surface area contributed by atoms with E-state index in [1.165, 1.54) is 25.7 Å². The fourth-order valence-electron chi connectivity index (χ4n) is 3.99. The van der Waals surface area contributed by atoms with Crippen molar-refractivity contribution < 1.29 is 4.79 Å². The number of rotatable bonds is 4. The van der Waals surface area contributed by atoms with Crippen molar-refractivity contribution in [2.45, 2.75) is 65.3 Å². The van der Waals surface area contributed by atoms with Crippen LogP contribution in [0.15, 0.2) is 0 Å².